The van der Waals surface area contributed by atoms with Gasteiger partial charge in [0, 0.05) is 25.7 Å². The first-order chi connectivity index (χ1) is 49.0. The highest BCUT2D eigenvalue weighted by atomic mass is 31.2. The number of rotatable bonds is 80. The number of hydrogen-bond donors (Lipinski definition) is 3. The molecule has 0 heterocycles. The minimum Gasteiger partial charge on any atom is -0.462 e. The number of hydrogen-bond acceptors (Lipinski definition) is 15. The van der Waals surface area contributed by atoms with Crippen molar-refractivity contribution in [3.63, 3.8) is 0 Å². The number of phosphoric ester groups is 2. The van der Waals surface area contributed by atoms with Crippen LogP contribution in [0.15, 0.2) is 24.3 Å². The van der Waals surface area contributed by atoms with Gasteiger partial charge in [0.25, 0.3) is 0 Å². The van der Waals surface area contributed by atoms with E-state index in [1.165, 1.54) is 218 Å². The largest absolute Gasteiger partial charge is 0.472 e. The van der Waals surface area contributed by atoms with Crippen molar-refractivity contribution in [2.75, 3.05) is 39.6 Å². The van der Waals surface area contributed by atoms with Gasteiger partial charge in [0.1, 0.15) is 19.3 Å². The SMILES string of the molecule is CCCCCC/C=C\C=C/CCCCCCCC(=O)OC[C@H](COP(=O)(O)OC[C@@H](O)COP(=O)(O)OC[C@@H](COC(=O)CCCCCCCCCCCC(C)C)OC(=O)CCCCCCCCCCCCCCCC)OC(=O)CCCCCCCCCCCCCCCCCCCCCC. The average Bonchev–Trinajstić information content (AvgIpc) is 0.924. The zero-order chi connectivity index (χ0) is 74.1. The number of carbonyl (C=O) groups is 4. The fourth-order valence-corrected chi connectivity index (χ4v) is 13.8. The van der Waals surface area contributed by atoms with E-state index in [-0.39, 0.29) is 25.7 Å². The van der Waals surface area contributed by atoms with Gasteiger partial charge in [0.05, 0.1) is 26.4 Å². The molecule has 0 aromatic rings. The lowest BCUT2D eigenvalue weighted by atomic mass is 10.0. The summed E-state index contributed by atoms with van der Waals surface area (Å²) in [6.45, 7) is 7.25. The van der Waals surface area contributed by atoms with Crippen LogP contribution in [0.4, 0.5) is 0 Å². The highest BCUT2D eigenvalue weighted by Gasteiger charge is 2.30. The maximum Gasteiger partial charge on any atom is 0.472 e. The molecule has 0 rings (SSSR count). The Kier molecular flexibility index (Phi) is 72.6. The fourth-order valence-electron chi connectivity index (χ4n) is 12.2. The Hall–Kier alpha value is -2.46. The number of allylic oxidation sites excluding steroid dienone is 4. The summed E-state index contributed by atoms with van der Waals surface area (Å²) in [6.07, 6.45) is 68.8. The summed E-state index contributed by atoms with van der Waals surface area (Å²) in [5, 5.41) is 10.6. The van der Waals surface area contributed by atoms with Crippen molar-refractivity contribution in [3.05, 3.63) is 24.3 Å². The summed E-state index contributed by atoms with van der Waals surface area (Å²) < 4.78 is 68.7. The van der Waals surface area contributed by atoms with Crippen molar-refractivity contribution in [1.82, 2.24) is 0 Å². The molecule has 0 saturated heterocycles. The minimum atomic E-state index is -4.97. The van der Waals surface area contributed by atoms with Gasteiger partial charge in [-0.15, -0.1) is 0 Å². The quantitative estimate of drug-likeness (QED) is 0.0169. The van der Waals surface area contributed by atoms with E-state index in [0.717, 1.165) is 115 Å². The summed E-state index contributed by atoms with van der Waals surface area (Å²) in [7, 11) is -9.93. The second-order valence-corrected chi connectivity index (χ2v) is 32.2. The molecule has 0 aliphatic carbocycles. The van der Waals surface area contributed by atoms with E-state index in [1.807, 2.05) is 0 Å². The van der Waals surface area contributed by atoms with Crippen LogP contribution in [0.5, 0.6) is 0 Å². The molecule has 0 radical (unpaired) electrons. The molecule has 596 valence electrons. The summed E-state index contributed by atoms with van der Waals surface area (Å²) >= 11 is 0. The van der Waals surface area contributed by atoms with Crippen LogP contribution in [0.25, 0.3) is 0 Å². The molecule has 0 saturated carbocycles. The first-order valence-corrected chi connectivity index (χ1v) is 44.9. The molecule has 101 heavy (non-hydrogen) atoms. The minimum absolute atomic E-state index is 0.102. The number of aliphatic hydroxyl groups excluding tert-OH is 1. The number of esters is 4. The number of aliphatic hydroxyl groups is 1. The van der Waals surface area contributed by atoms with Gasteiger partial charge in [-0.2, -0.15) is 0 Å². The molecule has 0 spiro atoms. The first-order valence-electron chi connectivity index (χ1n) is 42.0. The van der Waals surface area contributed by atoms with Gasteiger partial charge in [-0.05, 0) is 57.3 Å². The Balaban J connectivity index is 5.28. The molecule has 0 amide bonds. The molecule has 0 aromatic heterocycles. The molecule has 2 unspecified atom stereocenters. The monoisotopic (exact) mass is 1480 g/mol. The van der Waals surface area contributed by atoms with Crippen LogP contribution in [0.3, 0.4) is 0 Å². The van der Waals surface area contributed by atoms with Crippen LogP contribution >= 0.6 is 15.6 Å². The number of unbranched alkanes of at least 4 members (excludes halogenated alkanes) is 49. The van der Waals surface area contributed by atoms with Crippen LogP contribution in [-0.2, 0) is 65.4 Å². The molecule has 3 N–H and O–H groups in total. The lowest BCUT2D eigenvalue weighted by Crippen LogP contribution is -2.30. The van der Waals surface area contributed by atoms with Gasteiger partial charge in [-0.1, -0.05) is 361 Å². The van der Waals surface area contributed by atoms with Crippen LogP contribution in [0.2, 0.25) is 0 Å². The van der Waals surface area contributed by atoms with Crippen molar-refractivity contribution >= 4 is 39.5 Å². The Labute approximate surface area is 618 Å². The van der Waals surface area contributed by atoms with E-state index >= 15 is 0 Å². The molecule has 0 aliphatic rings. The zero-order valence-corrected chi connectivity index (χ0v) is 67.3. The lowest BCUT2D eigenvalue weighted by Gasteiger charge is -2.21. The van der Waals surface area contributed by atoms with E-state index in [1.54, 1.807) is 0 Å². The molecule has 17 nitrogen and oxygen atoms in total. The molecule has 0 bridgehead atoms. The topological polar surface area (TPSA) is 237 Å². The second kappa shape index (κ2) is 74.4. The third-order valence-electron chi connectivity index (χ3n) is 18.7. The molecular formula is C82H156O17P2. The van der Waals surface area contributed by atoms with E-state index in [0.29, 0.717) is 25.7 Å². The van der Waals surface area contributed by atoms with Crippen molar-refractivity contribution in [3.8, 4) is 0 Å². The van der Waals surface area contributed by atoms with Crippen LogP contribution in [0.1, 0.15) is 413 Å². The summed E-state index contributed by atoms with van der Waals surface area (Å²) in [5.74, 6) is -1.39. The van der Waals surface area contributed by atoms with E-state index < -0.39 is 97.5 Å². The Morgan fingerprint density at radius 3 is 0.812 bits per heavy atom. The summed E-state index contributed by atoms with van der Waals surface area (Å²) in [4.78, 5) is 73.0. The van der Waals surface area contributed by atoms with Crippen LogP contribution in [0, 0.1) is 5.92 Å². The highest BCUT2D eigenvalue weighted by molar-refractivity contribution is 7.47. The summed E-state index contributed by atoms with van der Waals surface area (Å²) in [6, 6.07) is 0. The van der Waals surface area contributed by atoms with Crippen molar-refractivity contribution in [2.24, 2.45) is 5.92 Å². The lowest BCUT2D eigenvalue weighted by molar-refractivity contribution is -0.161. The van der Waals surface area contributed by atoms with Gasteiger partial charge in [0.2, 0.25) is 0 Å². The zero-order valence-electron chi connectivity index (χ0n) is 65.5. The van der Waals surface area contributed by atoms with Gasteiger partial charge in [-0.3, -0.25) is 37.3 Å². The number of carbonyl (C=O) groups excluding carboxylic acids is 4. The normalized spacial score (nSPS) is 14.0. The third-order valence-corrected chi connectivity index (χ3v) is 20.6. The summed E-state index contributed by atoms with van der Waals surface area (Å²) in [5.41, 5.74) is 0. The second-order valence-electron chi connectivity index (χ2n) is 29.3. The molecule has 0 aromatic carbocycles. The van der Waals surface area contributed by atoms with E-state index in [2.05, 4.69) is 58.9 Å². The first kappa shape index (κ1) is 98.5. The predicted molar refractivity (Wildman–Crippen MR) is 414 cm³/mol. The Morgan fingerprint density at radius 1 is 0.307 bits per heavy atom. The standard InChI is InChI=1S/C82H156O17P2/c1-6-9-12-15-18-21-24-27-30-31-32-33-34-36-39-42-47-53-58-63-68-82(87)98-77(71-92-79(84)65-60-55-50-45-40-38-35-28-25-22-19-16-13-10-7-2)73-96-100(88,89)94-69-76(83)70-95-101(90,91)97-74-78(72-93-80(85)66-61-56-51-48-43-44-49-54-59-64-75(4)5)99-81(86)67-62-57-52-46-41-37-29-26-23-20-17-14-11-8-3/h22,25,28,35,75-78,83H,6-21,23-24,26-27,29-34,36-74H2,1-5H3,(H,88,89)(H,90,91)/b25-22-,35-28-/t76-,77-,78-/m1/s1. The van der Waals surface area contributed by atoms with E-state index in [9.17, 15) is 43.2 Å². The molecule has 19 heteroatoms. The molecule has 5 atom stereocenters. The predicted octanol–water partition coefficient (Wildman–Crippen LogP) is 24.4. The van der Waals surface area contributed by atoms with Crippen molar-refractivity contribution in [1.29, 1.82) is 0 Å². The molecular weight excluding hydrogens is 1320 g/mol. The molecule has 0 fully saturated rings. The smallest absolute Gasteiger partial charge is 0.462 e. The Bertz CT molecular complexity index is 2020. The van der Waals surface area contributed by atoms with Crippen molar-refractivity contribution < 1.29 is 80.2 Å². The average molecular weight is 1480 g/mol. The number of phosphoric acid groups is 2. The highest BCUT2D eigenvalue weighted by Crippen LogP contribution is 2.45. The maximum absolute atomic E-state index is 13.1. The van der Waals surface area contributed by atoms with Gasteiger partial charge >= 0.3 is 39.5 Å². The van der Waals surface area contributed by atoms with Gasteiger partial charge < -0.3 is 33.8 Å². The van der Waals surface area contributed by atoms with E-state index in [4.69, 9.17) is 37.0 Å². The third kappa shape index (κ3) is 75.6. The van der Waals surface area contributed by atoms with Gasteiger partial charge in [-0.25, -0.2) is 9.13 Å². The van der Waals surface area contributed by atoms with Crippen molar-refractivity contribution in [2.45, 2.75) is 432 Å². The number of ether oxygens (including phenoxy) is 4. The maximum atomic E-state index is 13.1. The van der Waals surface area contributed by atoms with Gasteiger partial charge in [0.15, 0.2) is 12.2 Å². The fraction of sp³-hybridized carbons (Fsp3) is 0.902. The van der Waals surface area contributed by atoms with Crippen LogP contribution in [-0.4, -0.2) is 96.7 Å². The molecule has 0 aliphatic heterocycles. The Morgan fingerprint density at radius 2 is 0.535 bits per heavy atom. The van der Waals surface area contributed by atoms with Crippen LogP contribution < -0.4 is 0 Å².